The number of benzene rings is 7. The molecule has 1 aliphatic heterocycles. The van der Waals surface area contributed by atoms with Crippen molar-refractivity contribution in [3.63, 3.8) is 0 Å². The SMILES string of the molecule is C=CC1=C(C=C)C2(C(/C=C\C)=C1C=C)c1cc(-c3cccc(-c4ccc5c6ccccc6c6ccccc6c5c4)c3)ccc1-n1c2nc2ccccc21. The lowest BCUT2D eigenvalue weighted by Gasteiger charge is -2.30. The van der Waals surface area contributed by atoms with Gasteiger partial charge in [-0.3, -0.25) is 4.57 Å². The lowest BCUT2D eigenvalue weighted by molar-refractivity contribution is 0.726. The standard InChI is InChI=1S/C51H36N2/c1-5-16-45-37(7-3)36(6-2)44(8-4)51(45)46-31-35(26-28-48(46)53-49-24-14-13-23-47(49)52-50(51)53)33-18-15-17-32(29-33)34-25-27-42-40-21-10-9-19-38(40)39-20-11-12-22-41(39)43(42)30-34/h5-31H,2-4H2,1H3/b16-5-. The maximum Gasteiger partial charge on any atom is 0.134 e. The average molecular weight is 677 g/mol. The van der Waals surface area contributed by atoms with Crippen LogP contribution in [-0.2, 0) is 5.41 Å². The molecule has 2 heterocycles. The smallest absolute Gasteiger partial charge is 0.134 e. The van der Waals surface area contributed by atoms with Gasteiger partial charge in [0.05, 0.1) is 16.7 Å². The van der Waals surface area contributed by atoms with Crippen molar-refractivity contribution in [3.8, 4) is 27.9 Å². The molecule has 8 aromatic rings. The summed E-state index contributed by atoms with van der Waals surface area (Å²) < 4.78 is 2.34. The van der Waals surface area contributed by atoms with Crippen molar-refractivity contribution in [1.29, 1.82) is 0 Å². The number of allylic oxidation sites excluding steroid dienone is 9. The Balaban J connectivity index is 1.19. The van der Waals surface area contributed by atoms with Gasteiger partial charge in [0.25, 0.3) is 0 Å². The molecule has 2 heteroatoms. The third-order valence-corrected chi connectivity index (χ3v) is 11.4. The van der Waals surface area contributed by atoms with Gasteiger partial charge in [0.2, 0.25) is 0 Å². The summed E-state index contributed by atoms with van der Waals surface area (Å²) in [6.07, 6.45) is 10.2. The Morgan fingerprint density at radius 3 is 1.75 bits per heavy atom. The molecule has 53 heavy (non-hydrogen) atoms. The zero-order valence-electron chi connectivity index (χ0n) is 29.6. The van der Waals surface area contributed by atoms with E-state index in [-0.39, 0.29) is 0 Å². The van der Waals surface area contributed by atoms with Gasteiger partial charge in [-0.1, -0.05) is 147 Å². The highest BCUT2D eigenvalue weighted by molar-refractivity contribution is 6.25. The summed E-state index contributed by atoms with van der Waals surface area (Å²) in [5, 5.41) is 7.68. The summed E-state index contributed by atoms with van der Waals surface area (Å²) in [5.74, 6) is 0.967. The van der Waals surface area contributed by atoms with E-state index >= 15 is 0 Å². The molecule has 1 aromatic heterocycles. The van der Waals surface area contributed by atoms with Crippen LogP contribution in [0.15, 0.2) is 206 Å². The molecule has 0 saturated heterocycles. The van der Waals surface area contributed by atoms with E-state index < -0.39 is 5.41 Å². The van der Waals surface area contributed by atoms with Gasteiger partial charge in [0.15, 0.2) is 0 Å². The molecule has 1 unspecified atom stereocenters. The second-order valence-corrected chi connectivity index (χ2v) is 13.9. The molecule has 0 amide bonds. The maximum absolute atomic E-state index is 5.38. The first-order valence-corrected chi connectivity index (χ1v) is 18.2. The third-order valence-electron chi connectivity index (χ3n) is 11.4. The minimum atomic E-state index is -0.689. The van der Waals surface area contributed by atoms with E-state index in [2.05, 4.69) is 177 Å². The Hall–Kier alpha value is -6.77. The van der Waals surface area contributed by atoms with Gasteiger partial charge < -0.3 is 0 Å². The Morgan fingerprint density at radius 2 is 1.09 bits per heavy atom. The van der Waals surface area contributed by atoms with E-state index in [9.17, 15) is 0 Å². The Bertz CT molecular complexity index is 2980. The summed E-state index contributed by atoms with van der Waals surface area (Å²) >= 11 is 0. The van der Waals surface area contributed by atoms with Crippen molar-refractivity contribution >= 4 is 43.4 Å². The fraction of sp³-hybridized carbons (Fsp3) is 0.0392. The first kappa shape index (κ1) is 31.0. The van der Waals surface area contributed by atoms with Crippen LogP contribution in [-0.4, -0.2) is 9.55 Å². The van der Waals surface area contributed by atoms with Crippen LogP contribution >= 0.6 is 0 Å². The van der Waals surface area contributed by atoms with Gasteiger partial charge in [-0.05, 0) is 126 Å². The quantitative estimate of drug-likeness (QED) is 0.160. The van der Waals surface area contributed by atoms with E-state index in [1.807, 2.05) is 18.2 Å². The Kier molecular flexibility index (Phi) is 6.80. The summed E-state index contributed by atoms with van der Waals surface area (Å²) in [7, 11) is 0. The van der Waals surface area contributed by atoms with Gasteiger partial charge in [0, 0.05) is 0 Å². The lowest BCUT2D eigenvalue weighted by Crippen LogP contribution is -2.28. The molecule has 2 nitrogen and oxygen atoms in total. The minimum absolute atomic E-state index is 0.689. The monoisotopic (exact) mass is 676 g/mol. The highest BCUT2D eigenvalue weighted by Gasteiger charge is 2.54. The van der Waals surface area contributed by atoms with E-state index in [1.165, 1.54) is 49.0 Å². The molecular weight excluding hydrogens is 641 g/mol. The van der Waals surface area contributed by atoms with E-state index in [1.54, 1.807) is 0 Å². The predicted octanol–water partition coefficient (Wildman–Crippen LogP) is 13.2. The van der Waals surface area contributed by atoms with Crippen LogP contribution in [0.4, 0.5) is 0 Å². The largest absolute Gasteiger partial charge is 0.295 e. The number of rotatable bonds is 6. The van der Waals surface area contributed by atoms with Crippen molar-refractivity contribution < 1.29 is 0 Å². The van der Waals surface area contributed by atoms with Crippen molar-refractivity contribution in [2.75, 3.05) is 0 Å². The average Bonchev–Trinajstić information content (AvgIpc) is 3.83. The topological polar surface area (TPSA) is 17.8 Å². The molecule has 1 spiro atoms. The van der Waals surface area contributed by atoms with Crippen molar-refractivity contribution in [1.82, 2.24) is 9.55 Å². The molecule has 1 atom stereocenters. The van der Waals surface area contributed by atoms with Crippen molar-refractivity contribution in [2.24, 2.45) is 0 Å². The molecule has 7 aromatic carbocycles. The normalized spacial score (nSPS) is 16.5. The molecule has 10 rings (SSSR count). The highest BCUT2D eigenvalue weighted by atomic mass is 15.1. The van der Waals surface area contributed by atoms with Crippen LogP contribution in [0.5, 0.6) is 0 Å². The van der Waals surface area contributed by atoms with E-state index in [0.717, 1.165) is 56.0 Å². The zero-order valence-corrected chi connectivity index (χ0v) is 29.6. The number of nitrogens with zero attached hydrogens (tertiary/aromatic N) is 2. The molecule has 2 aliphatic rings. The maximum atomic E-state index is 5.38. The van der Waals surface area contributed by atoms with E-state index in [0.29, 0.717) is 0 Å². The molecule has 1 aliphatic carbocycles. The third kappa shape index (κ3) is 4.12. The zero-order chi connectivity index (χ0) is 35.8. The van der Waals surface area contributed by atoms with Crippen LogP contribution < -0.4 is 0 Å². The minimum Gasteiger partial charge on any atom is -0.295 e. The number of fused-ring (bicyclic) bond motifs is 13. The van der Waals surface area contributed by atoms with Gasteiger partial charge in [-0.25, -0.2) is 4.98 Å². The number of para-hydroxylation sites is 2. The molecule has 0 saturated carbocycles. The molecule has 250 valence electrons. The lowest BCUT2D eigenvalue weighted by atomic mass is 9.70. The Labute approximate surface area is 309 Å². The van der Waals surface area contributed by atoms with Gasteiger partial charge in [0.1, 0.15) is 11.2 Å². The number of hydrogen-bond donors (Lipinski definition) is 0. The fourth-order valence-electron chi connectivity index (χ4n) is 9.27. The van der Waals surface area contributed by atoms with Crippen LogP contribution in [0.25, 0.3) is 71.3 Å². The summed E-state index contributed by atoms with van der Waals surface area (Å²) in [5.41, 5.74) is 12.7. The van der Waals surface area contributed by atoms with Gasteiger partial charge in [-0.15, -0.1) is 0 Å². The second kappa shape index (κ2) is 11.6. The Morgan fingerprint density at radius 1 is 0.528 bits per heavy atom. The first-order chi connectivity index (χ1) is 26.1. The van der Waals surface area contributed by atoms with Gasteiger partial charge in [-0.2, -0.15) is 0 Å². The second-order valence-electron chi connectivity index (χ2n) is 13.9. The summed E-state index contributed by atoms with van der Waals surface area (Å²) in [6, 6.07) is 48.7. The highest BCUT2D eigenvalue weighted by Crippen LogP contribution is 2.60. The van der Waals surface area contributed by atoms with Crippen LogP contribution in [0.2, 0.25) is 0 Å². The van der Waals surface area contributed by atoms with Crippen molar-refractivity contribution in [3.05, 3.63) is 217 Å². The number of aromatic nitrogens is 2. The first-order valence-electron chi connectivity index (χ1n) is 18.2. The number of imidazole rings is 1. The molecule has 0 radical (unpaired) electrons. The van der Waals surface area contributed by atoms with Crippen molar-refractivity contribution in [2.45, 2.75) is 12.3 Å². The number of hydrogen-bond acceptors (Lipinski definition) is 1. The van der Waals surface area contributed by atoms with Crippen LogP contribution in [0.1, 0.15) is 18.3 Å². The molecule has 0 bridgehead atoms. The van der Waals surface area contributed by atoms with Gasteiger partial charge >= 0.3 is 0 Å². The summed E-state index contributed by atoms with van der Waals surface area (Å²) in [4.78, 5) is 5.38. The fourth-order valence-corrected chi connectivity index (χ4v) is 9.27. The molecule has 0 fully saturated rings. The predicted molar refractivity (Wildman–Crippen MR) is 225 cm³/mol. The van der Waals surface area contributed by atoms with Crippen LogP contribution in [0.3, 0.4) is 0 Å². The summed E-state index contributed by atoms with van der Waals surface area (Å²) in [6.45, 7) is 15.0. The molecular formula is C51H36N2. The van der Waals surface area contributed by atoms with E-state index in [4.69, 9.17) is 4.98 Å². The van der Waals surface area contributed by atoms with Crippen LogP contribution in [0, 0.1) is 0 Å². The molecule has 0 N–H and O–H groups in total.